The van der Waals surface area contributed by atoms with Crippen molar-refractivity contribution in [2.75, 3.05) is 74.2 Å². The minimum absolute atomic E-state index is 0.0179. The maximum absolute atomic E-state index is 15.2. The molecule has 0 radical (unpaired) electrons. The average Bonchev–Trinajstić information content (AvgIpc) is 3.92. The number of fused-ring (bicyclic) bond motifs is 3. The number of carbonyl (C=O) groups is 3. The zero-order valence-electron chi connectivity index (χ0n) is 35.9. The van der Waals surface area contributed by atoms with Crippen molar-refractivity contribution in [1.29, 1.82) is 0 Å². The van der Waals surface area contributed by atoms with Gasteiger partial charge in [-0.3, -0.25) is 24.5 Å². The molecule has 5 aliphatic rings. The second-order valence-electron chi connectivity index (χ2n) is 17.7. The fourth-order valence-electron chi connectivity index (χ4n) is 10.6. The number of aryl methyl sites for hydroxylation is 1. The molecule has 0 aliphatic carbocycles. The molecule has 2 aromatic carbocycles. The molecule has 16 heteroatoms. The zero-order valence-corrected chi connectivity index (χ0v) is 35.9. The van der Waals surface area contributed by atoms with E-state index in [4.69, 9.17) is 9.84 Å². The summed E-state index contributed by atoms with van der Waals surface area (Å²) in [6, 6.07) is 13.3. The average molecular weight is 861 g/mol. The van der Waals surface area contributed by atoms with Crippen LogP contribution in [0.4, 0.5) is 36.5 Å². The smallest absolute Gasteiger partial charge is 0.328 e. The largest absolute Gasteiger partial charge is 0.495 e. The minimum atomic E-state index is -2.73. The van der Waals surface area contributed by atoms with Crippen molar-refractivity contribution in [1.82, 2.24) is 34.3 Å². The summed E-state index contributed by atoms with van der Waals surface area (Å²) in [5.74, 6) is 1.64. The summed E-state index contributed by atoms with van der Waals surface area (Å²) in [6.45, 7) is 8.60. The molecule has 14 nitrogen and oxygen atoms in total. The Morgan fingerprint density at radius 1 is 0.905 bits per heavy atom. The number of aromatic nitrogens is 4. The van der Waals surface area contributed by atoms with Crippen molar-refractivity contribution in [3.63, 3.8) is 0 Å². The fourth-order valence-corrected chi connectivity index (χ4v) is 10.6. The van der Waals surface area contributed by atoms with Gasteiger partial charge in [0.05, 0.1) is 25.9 Å². The van der Waals surface area contributed by atoms with Crippen molar-refractivity contribution in [2.45, 2.75) is 77.3 Å². The summed E-state index contributed by atoms with van der Waals surface area (Å²) in [4.78, 5) is 51.9. The van der Waals surface area contributed by atoms with Crippen LogP contribution in [0.5, 0.6) is 5.75 Å². The number of imidazole rings is 1. The van der Waals surface area contributed by atoms with Gasteiger partial charge in [0.2, 0.25) is 11.8 Å². The number of hydrogen-bond acceptors (Lipinski definition) is 9. The number of benzene rings is 2. The van der Waals surface area contributed by atoms with E-state index in [2.05, 4.69) is 41.8 Å². The van der Waals surface area contributed by atoms with Crippen LogP contribution in [0.3, 0.4) is 0 Å². The highest BCUT2D eigenvalue weighted by molar-refractivity contribution is 6.05. The van der Waals surface area contributed by atoms with Gasteiger partial charge in [-0.1, -0.05) is 6.07 Å². The Labute approximate surface area is 365 Å². The van der Waals surface area contributed by atoms with E-state index in [0.29, 0.717) is 67.5 Å². The summed E-state index contributed by atoms with van der Waals surface area (Å²) < 4.78 is 40.1. The molecule has 0 atom stereocenters. The van der Waals surface area contributed by atoms with E-state index in [-0.39, 0.29) is 29.5 Å². The maximum Gasteiger partial charge on any atom is 0.328 e. The molecule has 3 saturated heterocycles. The predicted molar refractivity (Wildman–Crippen MR) is 236 cm³/mol. The lowest BCUT2D eigenvalue weighted by atomic mass is 9.91. The predicted octanol–water partition coefficient (Wildman–Crippen LogP) is 7.13. The summed E-state index contributed by atoms with van der Waals surface area (Å²) >= 11 is 0. The highest BCUT2D eigenvalue weighted by atomic mass is 19.3. The van der Waals surface area contributed by atoms with Gasteiger partial charge in [0.1, 0.15) is 11.4 Å². The molecule has 8 heterocycles. The monoisotopic (exact) mass is 860 g/mol. The minimum Gasteiger partial charge on any atom is -0.495 e. The highest BCUT2D eigenvalue weighted by Crippen LogP contribution is 2.45. The number of ether oxygens (including phenoxy) is 1. The topological polar surface area (TPSA) is 124 Å². The van der Waals surface area contributed by atoms with Crippen LogP contribution in [0.25, 0.3) is 16.8 Å². The van der Waals surface area contributed by atoms with E-state index in [1.54, 1.807) is 43.6 Å². The normalized spacial score (nSPS) is 19.2. The van der Waals surface area contributed by atoms with Crippen molar-refractivity contribution in [3.05, 3.63) is 83.4 Å². The second-order valence-corrected chi connectivity index (χ2v) is 17.7. The van der Waals surface area contributed by atoms with Crippen LogP contribution in [0, 0.1) is 5.92 Å². The molecule has 3 fully saturated rings. The molecule has 4 amide bonds. The number of rotatable bonds is 9. The van der Waals surface area contributed by atoms with Crippen LogP contribution in [0.15, 0.2) is 61.1 Å². The van der Waals surface area contributed by atoms with Gasteiger partial charge in [0, 0.05) is 124 Å². The Morgan fingerprint density at radius 2 is 1.71 bits per heavy atom. The van der Waals surface area contributed by atoms with E-state index in [9.17, 15) is 14.4 Å². The lowest BCUT2D eigenvalue weighted by Crippen LogP contribution is -2.49. The molecule has 330 valence electrons. The highest BCUT2D eigenvalue weighted by Gasteiger charge is 2.36. The van der Waals surface area contributed by atoms with Crippen LogP contribution < -0.4 is 24.8 Å². The van der Waals surface area contributed by atoms with Crippen molar-refractivity contribution < 1.29 is 27.9 Å². The second kappa shape index (κ2) is 16.9. The van der Waals surface area contributed by atoms with E-state index in [1.807, 2.05) is 33.6 Å². The first kappa shape index (κ1) is 41.0. The third kappa shape index (κ3) is 7.87. The van der Waals surface area contributed by atoms with E-state index >= 15 is 8.78 Å². The van der Waals surface area contributed by atoms with Crippen LogP contribution in [0.2, 0.25) is 0 Å². The number of hydrogen-bond donors (Lipinski definition) is 1. The number of amides is 4. The Bertz CT molecular complexity index is 2560. The first-order valence-corrected chi connectivity index (χ1v) is 22.4. The summed E-state index contributed by atoms with van der Waals surface area (Å²) in [7, 11) is 1.55. The first-order valence-electron chi connectivity index (χ1n) is 22.4. The number of pyridine rings is 1. The van der Waals surface area contributed by atoms with E-state index in [1.165, 1.54) is 0 Å². The Balaban J connectivity index is 0.849. The molecule has 1 N–H and O–H groups in total. The number of anilines is 4. The zero-order chi connectivity index (χ0) is 43.4. The van der Waals surface area contributed by atoms with Crippen LogP contribution in [-0.2, 0) is 29.0 Å². The molecule has 10 rings (SSSR count). The van der Waals surface area contributed by atoms with Gasteiger partial charge in [-0.15, -0.1) is 0 Å². The van der Waals surface area contributed by atoms with E-state index < -0.39 is 6.43 Å². The quantitative estimate of drug-likeness (QED) is 0.165. The van der Waals surface area contributed by atoms with Crippen molar-refractivity contribution in [2.24, 2.45) is 5.92 Å². The van der Waals surface area contributed by atoms with Gasteiger partial charge >= 0.3 is 6.03 Å². The van der Waals surface area contributed by atoms with Crippen LogP contribution in [-0.4, -0.2) is 106 Å². The summed E-state index contributed by atoms with van der Waals surface area (Å²) in [5.41, 5.74) is 7.41. The van der Waals surface area contributed by atoms with Crippen molar-refractivity contribution in [3.8, 4) is 16.9 Å². The SMILES string of the molecule is COc1cn2ccnc2cc1-c1cc2c(cc1C(F)F)N(c1nn(C3CCN(CC4CCN(c5cccc(N6CCC(=O)NC6=O)c5)CC4)CC3)c3c1CN(C(C)=O)CC3)CCC2. The molecule has 63 heavy (non-hydrogen) atoms. The maximum atomic E-state index is 15.2. The Morgan fingerprint density at radius 3 is 2.48 bits per heavy atom. The number of carbonyl (C=O) groups excluding carboxylic acids is 3. The number of nitrogens with one attached hydrogen (secondary N) is 1. The number of piperidine rings is 2. The molecule has 0 unspecified atom stereocenters. The third-order valence-electron chi connectivity index (χ3n) is 14.0. The molecule has 0 bridgehead atoms. The molecule has 5 aromatic rings. The van der Waals surface area contributed by atoms with Crippen LogP contribution in [0.1, 0.15) is 80.3 Å². The van der Waals surface area contributed by atoms with Gasteiger partial charge in [0.25, 0.3) is 6.43 Å². The Hall–Kier alpha value is -6.03. The number of halogens is 2. The number of alkyl halides is 2. The number of imide groups is 1. The molecule has 5 aliphatic heterocycles. The molecular weight excluding hydrogens is 807 g/mol. The molecule has 0 spiro atoms. The van der Waals surface area contributed by atoms with Crippen LogP contribution >= 0.6 is 0 Å². The first-order chi connectivity index (χ1) is 30.6. The van der Waals surface area contributed by atoms with Gasteiger partial charge in [0.15, 0.2) is 5.82 Å². The lowest BCUT2D eigenvalue weighted by Gasteiger charge is -2.39. The molecule has 3 aromatic heterocycles. The summed E-state index contributed by atoms with van der Waals surface area (Å²) in [5, 5.41) is 7.81. The van der Waals surface area contributed by atoms with Gasteiger partial charge < -0.3 is 28.7 Å². The van der Waals surface area contributed by atoms with E-state index in [0.717, 1.165) is 111 Å². The van der Waals surface area contributed by atoms with Crippen molar-refractivity contribution >= 4 is 46.4 Å². The summed E-state index contributed by atoms with van der Waals surface area (Å²) in [6.07, 6.45) is 9.21. The molecular formula is C47H54F2N10O4. The van der Waals surface area contributed by atoms with Gasteiger partial charge in [-0.05, 0) is 92.0 Å². The standard InChI is InChI=1S/C47H54F2N10O4/c1-30(60)55-20-12-40-39(28-55)46(58-15-4-5-32-23-36(38(45(48)49)25-41(32)58)37-26-43-50-14-22-56(43)29-42(37)63-2)52-59(40)33-10-16-53(17-11-33)27-31-8-18-54(19-9-31)34-6-3-7-35(24-34)57-21-13-44(61)51-47(57)62/h3,6-7,14,22-26,29,31,33,45H,4-5,8-13,15-21,27-28H2,1-2H3,(H,51,61,62). The number of methoxy groups -OCH3 is 1. The lowest BCUT2D eigenvalue weighted by molar-refractivity contribution is -0.129. The number of nitrogens with zero attached hydrogens (tertiary/aromatic N) is 9. The molecule has 0 saturated carbocycles. The number of likely N-dealkylation sites (tertiary alicyclic amines) is 1. The number of urea groups is 1. The van der Waals surface area contributed by atoms with Gasteiger partial charge in [-0.2, -0.15) is 5.10 Å². The third-order valence-corrected chi connectivity index (χ3v) is 14.0. The Kier molecular flexibility index (Phi) is 11.0. The van der Waals surface area contributed by atoms with Gasteiger partial charge in [-0.25, -0.2) is 18.6 Å². The fraction of sp³-hybridized carbons (Fsp3) is 0.468.